The summed E-state index contributed by atoms with van der Waals surface area (Å²) in [6, 6.07) is 3.89. The predicted molar refractivity (Wildman–Crippen MR) is 63.7 cm³/mol. The lowest BCUT2D eigenvalue weighted by molar-refractivity contribution is 0.165. The molecule has 0 amide bonds. The summed E-state index contributed by atoms with van der Waals surface area (Å²) in [7, 11) is 0. The Morgan fingerprint density at radius 2 is 2.00 bits per heavy atom. The van der Waals surface area contributed by atoms with Crippen molar-refractivity contribution in [1.29, 1.82) is 0 Å². The number of nitrogens with one attached hydrogen (secondary N) is 1. The summed E-state index contributed by atoms with van der Waals surface area (Å²) >= 11 is 0. The average molecular weight is 243 g/mol. The van der Waals surface area contributed by atoms with Crippen LogP contribution in [0.25, 0.3) is 0 Å². The Morgan fingerprint density at radius 3 is 2.59 bits per heavy atom. The molecule has 1 aromatic carbocycles. The molecule has 0 radical (unpaired) electrons. The van der Waals surface area contributed by atoms with Gasteiger partial charge in [0.25, 0.3) is 0 Å². The molecule has 2 nitrogen and oxygen atoms in total. The summed E-state index contributed by atoms with van der Waals surface area (Å²) in [4.78, 5) is 0. The monoisotopic (exact) mass is 243 g/mol. The third kappa shape index (κ3) is 4.40. The van der Waals surface area contributed by atoms with Crippen molar-refractivity contribution in [2.45, 2.75) is 38.8 Å². The molecule has 0 aliphatic heterocycles. The van der Waals surface area contributed by atoms with E-state index in [-0.39, 0.29) is 0 Å². The highest BCUT2D eigenvalue weighted by Gasteiger charge is 2.10. The van der Waals surface area contributed by atoms with E-state index in [2.05, 4.69) is 19.2 Å². The molecule has 0 saturated carbocycles. The van der Waals surface area contributed by atoms with Crippen molar-refractivity contribution in [3.8, 4) is 0 Å². The van der Waals surface area contributed by atoms with Crippen molar-refractivity contribution in [2.75, 3.05) is 6.54 Å². The van der Waals surface area contributed by atoms with Gasteiger partial charge in [0.05, 0.1) is 6.10 Å². The van der Waals surface area contributed by atoms with Crippen LogP contribution in [0.3, 0.4) is 0 Å². The molecule has 1 aromatic rings. The van der Waals surface area contributed by atoms with Crippen LogP contribution in [0.4, 0.5) is 8.78 Å². The van der Waals surface area contributed by atoms with E-state index >= 15 is 0 Å². The largest absolute Gasteiger partial charge is 0.388 e. The molecule has 0 bridgehead atoms. The number of hydrogen-bond donors (Lipinski definition) is 2. The third-order valence-corrected chi connectivity index (χ3v) is 2.85. The van der Waals surface area contributed by atoms with Gasteiger partial charge in [-0.25, -0.2) is 8.78 Å². The summed E-state index contributed by atoms with van der Waals surface area (Å²) in [6.45, 7) is 4.78. The smallest absolute Gasteiger partial charge is 0.159 e. The molecule has 0 saturated heterocycles. The fourth-order valence-corrected chi connectivity index (χ4v) is 1.50. The van der Waals surface area contributed by atoms with Crippen molar-refractivity contribution in [2.24, 2.45) is 0 Å². The van der Waals surface area contributed by atoms with Gasteiger partial charge < -0.3 is 10.4 Å². The maximum atomic E-state index is 12.9. The van der Waals surface area contributed by atoms with Gasteiger partial charge in [-0.1, -0.05) is 13.0 Å². The van der Waals surface area contributed by atoms with Gasteiger partial charge in [0.15, 0.2) is 11.6 Å². The molecule has 0 aromatic heterocycles. The van der Waals surface area contributed by atoms with Gasteiger partial charge in [0, 0.05) is 6.04 Å². The normalized spacial score (nSPS) is 14.6. The minimum Gasteiger partial charge on any atom is -0.388 e. The predicted octanol–water partition coefficient (Wildman–Crippen LogP) is 2.78. The van der Waals surface area contributed by atoms with E-state index < -0.39 is 17.7 Å². The summed E-state index contributed by atoms with van der Waals surface area (Å²) in [5.41, 5.74) is 0.412. The number of aliphatic hydroxyl groups excluding tert-OH is 1. The molecule has 2 atom stereocenters. The molecule has 2 N–H and O–H groups in total. The quantitative estimate of drug-likeness (QED) is 0.805. The number of benzene rings is 1. The summed E-state index contributed by atoms with van der Waals surface area (Å²) in [5.74, 6) is -1.81. The van der Waals surface area contributed by atoms with Gasteiger partial charge in [-0.3, -0.25) is 0 Å². The van der Waals surface area contributed by atoms with Gasteiger partial charge >= 0.3 is 0 Å². The van der Waals surface area contributed by atoms with Crippen molar-refractivity contribution in [3.05, 3.63) is 35.4 Å². The first-order chi connectivity index (χ1) is 8.04. The Balaban J connectivity index is 2.46. The molecule has 1 rings (SSSR count). The van der Waals surface area contributed by atoms with Crippen LogP contribution >= 0.6 is 0 Å². The molecule has 96 valence electrons. The highest BCUT2D eigenvalue weighted by Crippen LogP contribution is 2.18. The van der Waals surface area contributed by atoms with Crippen LogP contribution in [0, 0.1) is 11.6 Å². The van der Waals surface area contributed by atoms with Crippen LogP contribution in [0.1, 0.15) is 38.4 Å². The van der Waals surface area contributed by atoms with E-state index in [1.54, 1.807) is 0 Å². The van der Waals surface area contributed by atoms with E-state index in [0.717, 1.165) is 18.6 Å². The second-order valence-electron chi connectivity index (χ2n) is 4.24. The molecule has 17 heavy (non-hydrogen) atoms. The standard InChI is InChI=1S/C13H19F2NO/c1-3-9(2)16-7-6-13(17)10-4-5-11(14)12(15)8-10/h4-5,8-9,13,16-17H,3,6-7H2,1-2H3. The first-order valence-electron chi connectivity index (χ1n) is 5.91. The first kappa shape index (κ1) is 14.1. The minimum atomic E-state index is -0.920. The highest BCUT2D eigenvalue weighted by molar-refractivity contribution is 5.19. The fraction of sp³-hybridized carbons (Fsp3) is 0.538. The lowest BCUT2D eigenvalue weighted by Crippen LogP contribution is -2.27. The van der Waals surface area contributed by atoms with E-state index in [1.165, 1.54) is 6.07 Å². The molecule has 2 unspecified atom stereocenters. The number of halogens is 2. The molecule has 0 heterocycles. The number of hydrogen-bond acceptors (Lipinski definition) is 2. The lowest BCUT2D eigenvalue weighted by atomic mass is 10.1. The van der Waals surface area contributed by atoms with Crippen LogP contribution in [0.2, 0.25) is 0 Å². The second kappa shape index (κ2) is 6.67. The molecular weight excluding hydrogens is 224 g/mol. The second-order valence-corrected chi connectivity index (χ2v) is 4.24. The van der Waals surface area contributed by atoms with Crippen molar-refractivity contribution < 1.29 is 13.9 Å². The highest BCUT2D eigenvalue weighted by atomic mass is 19.2. The Kier molecular flexibility index (Phi) is 5.51. The number of rotatable bonds is 6. The maximum Gasteiger partial charge on any atom is 0.159 e. The average Bonchev–Trinajstić information content (AvgIpc) is 2.32. The molecule has 4 heteroatoms. The zero-order valence-electron chi connectivity index (χ0n) is 10.2. The van der Waals surface area contributed by atoms with E-state index in [1.807, 2.05) is 0 Å². The number of aliphatic hydroxyl groups is 1. The van der Waals surface area contributed by atoms with Gasteiger partial charge in [0.2, 0.25) is 0 Å². The summed E-state index contributed by atoms with van der Waals surface area (Å²) in [5, 5.41) is 13.0. The third-order valence-electron chi connectivity index (χ3n) is 2.85. The summed E-state index contributed by atoms with van der Waals surface area (Å²) in [6.07, 6.45) is 0.734. The van der Waals surface area contributed by atoms with E-state index in [9.17, 15) is 13.9 Å². The van der Waals surface area contributed by atoms with Gasteiger partial charge in [-0.15, -0.1) is 0 Å². The van der Waals surface area contributed by atoms with Crippen molar-refractivity contribution >= 4 is 0 Å². The molecule has 0 aliphatic rings. The Morgan fingerprint density at radius 1 is 1.29 bits per heavy atom. The molecular formula is C13H19F2NO. The zero-order chi connectivity index (χ0) is 12.8. The molecule has 0 spiro atoms. The van der Waals surface area contributed by atoms with E-state index in [0.29, 0.717) is 24.6 Å². The van der Waals surface area contributed by atoms with Gasteiger partial charge in [-0.05, 0) is 44.0 Å². The lowest BCUT2D eigenvalue weighted by Gasteiger charge is -2.14. The Labute approximate surface area is 101 Å². The fourth-order valence-electron chi connectivity index (χ4n) is 1.50. The van der Waals surface area contributed by atoms with Gasteiger partial charge in [0.1, 0.15) is 0 Å². The van der Waals surface area contributed by atoms with Crippen LogP contribution in [0.15, 0.2) is 18.2 Å². The zero-order valence-corrected chi connectivity index (χ0v) is 10.2. The Bertz CT molecular complexity index is 357. The summed E-state index contributed by atoms with van der Waals surface area (Å²) < 4.78 is 25.6. The van der Waals surface area contributed by atoms with Crippen molar-refractivity contribution in [1.82, 2.24) is 5.32 Å². The van der Waals surface area contributed by atoms with Crippen LogP contribution in [0.5, 0.6) is 0 Å². The minimum absolute atomic E-state index is 0.396. The van der Waals surface area contributed by atoms with Crippen molar-refractivity contribution in [3.63, 3.8) is 0 Å². The first-order valence-corrected chi connectivity index (χ1v) is 5.91. The molecule has 0 aliphatic carbocycles. The topological polar surface area (TPSA) is 32.3 Å². The van der Waals surface area contributed by atoms with Crippen LogP contribution < -0.4 is 5.32 Å². The Hall–Kier alpha value is -1.00. The van der Waals surface area contributed by atoms with Crippen LogP contribution in [-0.4, -0.2) is 17.7 Å². The molecule has 0 fully saturated rings. The maximum absolute atomic E-state index is 12.9. The van der Waals surface area contributed by atoms with Gasteiger partial charge in [-0.2, -0.15) is 0 Å². The SMILES string of the molecule is CCC(C)NCCC(O)c1ccc(F)c(F)c1. The van der Waals surface area contributed by atoms with E-state index in [4.69, 9.17) is 0 Å². The van der Waals surface area contributed by atoms with Crippen LogP contribution in [-0.2, 0) is 0 Å².